The summed E-state index contributed by atoms with van der Waals surface area (Å²) in [5.41, 5.74) is 7.19. The topological polar surface area (TPSA) is 60.2 Å². The molecule has 5 heteroatoms. The molecule has 0 aliphatic rings. The second-order valence-electron chi connectivity index (χ2n) is 3.79. The van der Waals surface area contributed by atoms with Crippen LogP contribution in [0.2, 0.25) is 0 Å². The van der Waals surface area contributed by atoms with Crippen LogP contribution in [-0.2, 0) is 15.6 Å². The van der Waals surface area contributed by atoms with Crippen LogP contribution in [0.1, 0.15) is 17.5 Å². The van der Waals surface area contributed by atoms with Crippen LogP contribution >= 0.6 is 12.2 Å². The van der Waals surface area contributed by atoms with Crippen molar-refractivity contribution in [3.8, 4) is 0 Å². The number of thiocarbonyl (C=S) groups is 1. The van der Waals surface area contributed by atoms with E-state index in [0.29, 0.717) is 0 Å². The van der Waals surface area contributed by atoms with Crippen LogP contribution in [0.3, 0.4) is 0 Å². The highest BCUT2D eigenvalue weighted by Crippen LogP contribution is 2.09. The minimum Gasteiger partial charge on any atom is -0.393 e. The maximum absolute atomic E-state index is 11.7. The molecule has 2 N–H and O–H groups in total. The summed E-state index contributed by atoms with van der Waals surface area (Å²) in [6.07, 6.45) is 0.254. The lowest BCUT2D eigenvalue weighted by atomic mass is 10.2. The molecule has 0 saturated carbocycles. The molecule has 1 rings (SSSR count). The van der Waals surface area contributed by atoms with E-state index in [9.17, 15) is 8.42 Å². The van der Waals surface area contributed by atoms with E-state index in [4.69, 9.17) is 5.73 Å². The molecule has 0 radical (unpaired) electrons. The van der Waals surface area contributed by atoms with Crippen molar-refractivity contribution >= 4 is 27.0 Å². The third kappa shape index (κ3) is 4.72. The first-order chi connectivity index (χ1) is 7.39. The molecule has 1 aromatic carbocycles. The predicted octanol–water partition coefficient (Wildman–Crippen LogP) is 1.59. The lowest BCUT2D eigenvalue weighted by Crippen LogP contribution is -2.16. The average Bonchev–Trinajstić information content (AvgIpc) is 2.19. The molecule has 0 unspecified atom stereocenters. The molecule has 0 atom stereocenters. The second kappa shape index (κ2) is 5.41. The first-order valence-corrected chi connectivity index (χ1v) is 7.16. The monoisotopic (exact) mass is 257 g/mol. The highest BCUT2D eigenvalue weighted by molar-refractivity contribution is 7.90. The van der Waals surface area contributed by atoms with Gasteiger partial charge >= 0.3 is 0 Å². The van der Waals surface area contributed by atoms with Crippen molar-refractivity contribution in [1.29, 1.82) is 0 Å². The van der Waals surface area contributed by atoms with E-state index in [1.165, 1.54) is 0 Å². The molecule has 16 heavy (non-hydrogen) atoms. The van der Waals surface area contributed by atoms with Gasteiger partial charge in [0, 0.05) is 6.42 Å². The van der Waals surface area contributed by atoms with Gasteiger partial charge in [-0.2, -0.15) is 0 Å². The van der Waals surface area contributed by atoms with E-state index >= 15 is 0 Å². The van der Waals surface area contributed by atoms with Crippen LogP contribution in [0.15, 0.2) is 24.3 Å². The molecule has 0 amide bonds. The summed E-state index contributed by atoms with van der Waals surface area (Å²) in [5.74, 6) is 0.0755. The number of hydrogen-bond donors (Lipinski definition) is 1. The van der Waals surface area contributed by atoms with Crippen molar-refractivity contribution in [2.45, 2.75) is 19.1 Å². The van der Waals surface area contributed by atoms with Crippen molar-refractivity contribution in [2.75, 3.05) is 5.75 Å². The molecule has 0 fully saturated rings. The quantitative estimate of drug-likeness (QED) is 0.814. The standard InChI is InChI=1S/C11H15NO2S2/c1-9-2-4-10(5-3-9)8-16(13,14)7-6-11(12)15/h2-5H,6-8H2,1H3,(H2,12,15). The Morgan fingerprint density at radius 3 is 2.38 bits per heavy atom. The summed E-state index contributed by atoms with van der Waals surface area (Å²) >= 11 is 4.66. The van der Waals surface area contributed by atoms with E-state index in [0.717, 1.165) is 11.1 Å². The summed E-state index contributed by atoms with van der Waals surface area (Å²) < 4.78 is 23.3. The van der Waals surface area contributed by atoms with Gasteiger partial charge in [0.15, 0.2) is 9.84 Å². The molecule has 88 valence electrons. The summed E-state index contributed by atoms with van der Waals surface area (Å²) in [5, 5.41) is 0. The number of nitrogens with two attached hydrogens (primary N) is 1. The van der Waals surface area contributed by atoms with Crippen molar-refractivity contribution in [3.05, 3.63) is 35.4 Å². The Labute approximate surface area is 102 Å². The largest absolute Gasteiger partial charge is 0.393 e. The van der Waals surface area contributed by atoms with Crippen LogP contribution in [0.25, 0.3) is 0 Å². The summed E-state index contributed by atoms with van der Waals surface area (Å²) in [4.78, 5) is 0.243. The van der Waals surface area contributed by atoms with Crippen LogP contribution in [0, 0.1) is 6.92 Å². The SMILES string of the molecule is Cc1ccc(CS(=O)(=O)CCC(N)=S)cc1. The molecule has 0 aliphatic carbocycles. The molecule has 0 spiro atoms. The minimum absolute atomic E-state index is 0.0240. The Bertz CT molecular complexity index is 463. The fourth-order valence-corrected chi connectivity index (χ4v) is 2.87. The molecule has 0 heterocycles. The maximum atomic E-state index is 11.7. The number of sulfone groups is 1. The summed E-state index contributed by atoms with van der Waals surface area (Å²) in [6.45, 7) is 1.96. The smallest absolute Gasteiger partial charge is 0.154 e. The van der Waals surface area contributed by atoms with Gasteiger partial charge in [0.25, 0.3) is 0 Å². The lowest BCUT2D eigenvalue weighted by Gasteiger charge is -2.04. The number of benzene rings is 1. The van der Waals surface area contributed by atoms with Crippen LogP contribution in [-0.4, -0.2) is 19.2 Å². The molecule has 0 aliphatic heterocycles. The molecule has 1 aromatic rings. The Hall–Kier alpha value is -0.940. The zero-order valence-electron chi connectivity index (χ0n) is 9.14. The van der Waals surface area contributed by atoms with Crippen molar-refractivity contribution < 1.29 is 8.42 Å². The van der Waals surface area contributed by atoms with Crippen molar-refractivity contribution in [1.82, 2.24) is 0 Å². The average molecular weight is 257 g/mol. The molecule has 0 aromatic heterocycles. The Balaban J connectivity index is 2.65. The zero-order chi connectivity index (χ0) is 12.2. The van der Waals surface area contributed by atoms with Crippen molar-refractivity contribution in [2.24, 2.45) is 5.73 Å². The second-order valence-corrected chi connectivity index (χ2v) is 6.50. The van der Waals surface area contributed by atoms with E-state index in [2.05, 4.69) is 12.2 Å². The van der Waals surface area contributed by atoms with Gasteiger partial charge in [-0.3, -0.25) is 0 Å². The Kier molecular flexibility index (Phi) is 4.44. The van der Waals surface area contributed by atoms with Crippen molar-refractivity contribution in [3.63, 3.8) is 0 Å². The number of rotatable bonds is 5. The highest BCUT2D eigenvalue weighted by atomic mass is 32.2. The normalized spacial score (nSPS) is 11.3. The third-order valence-electron chi connectivity index (χ3n) is 2.17. The van der Waals surface area contributed by atoms with E-state index in [1.807, 2.05) is 31.2 Å². The first kappa shape index (κ1) is 13.1. The van der Waals surface area contributed by atoms with Gasteiger partial charge in [-0.1, -0.05) is 42.0 Å². The molecular weight excluding hydrogens is 242 g/mol. The van der Waals surface area contributed by atoms with Gasteiger partial charge in [-0.15, -0.1) is 0 Å². The zero-order valence-corrected chi connectivity index (χ0v) is 10.8. The predicted molar refractivity (Wildman–Crippen MR) is 70.1 cm³/mol. The van der Waals surface area contributed by atoms with E-state index in [-0.39, 0.29) is 22.9 Å². The maximum Gasteiger partial charge on any atom is 0.154 e. The van der Waals surface area contributed by atoms with Gasteiger partial charge in [0.2, 0.25) is 0 Å². The van der Waals surface area contributed by atoms with E-state index < -0.39 is 9.84 Å². The molecule has 0 bridgehead atoms. The first-order valence-electron chi connectivity index (χ1n) is 4.93. The Morgan fingerprint density at radius 1 is 1.31 bits per heavy atom. The molecular formula is C11H15NO2S2. The highest BCUT2D eigenvalue weighted by Gasteiger charge is 2.12. The van der Waals surface area contributed by atoms with Gasteiger partial charge in [0.05, 0.1) is 16.5 Å². The van der Waals surface area contributed by atoms with Gasteiger partial charge in [0.1, 0.15) is 0 Å². The van der Waals surface area contributed by atoms with Crippen LogP contribution in [0.4, 0.5) is 0 Å². The molecule has 3 nitrogen and oxygen atoms in total. The third-order valence-corrected chi connectivity index (χ3v) is 3.97. The lowest BCUT2D eigenvalue weighted by molar-refractivity contribution is 0.595. The van der Waals surface area contributed by atoms with Gasteiger partial charge < -0.3 is 5.73 Å². The molecule has 0 saturated heterocycles. The summed E-state index contributed by atoms with van der Waals surface area (Å²) in [7, 11) is -3.11. The summed E-state index contributed by atoms with van der Waals surface area (Å²) in [6, 6.07) is 7.46. The van der Waals surface area contributed by atoms with Gasteiger partial charge in [-0.25, -0.2) is 8.42 Å². The van der Waals surface area contributed by atoms with Gasteiger partial charge in [-0.05, 0) is 12.5 Å². The fraction of sp³-hybridized carbons (Fsp3) is 0.364. The number of aryl methyl sites for hydroxylation is 1. The Morgan fingerprint density at radius 2 is 1.88 bits per heavy atom. The fourth-order valence-electron chi connectivity index (χ4n) is 1.27. The van der Waals surface area contributed by atoms with Crippen LogP contribution < -0.4 is 5.73 Å². The van der Waals surface area contributed by atoms with Crippen LogP contribution in [0.5, 0.6) is 0 Å². The number of hydrogen-bond acceptors (Lipinski definition) is 3. The minimum atomic E-state index is -3.11. The van der Waals surface area contributed by atoms with E-state index in [1.54, 1.807) is 0 Å².